The molecule has 0 atom stereocenters. The lowest BCUT2D eigenvalue weighted by Crippen LogP contribution is -2.41. The molecular formula is C20H21N5O4. The molecule has 3 aromatic heterocycles. The van der Waals surface area contributed by atoms with E-state index in [0.717, 1.165) is 16.6 Å². The van der Waals surface area contributed by atoms with Gasteiger partial charge >= 0.3 is 6.09 Å². The van der Waals surface area contributed by atoms with Gasteiger partial charge in [-0.05, 0) is 19.1 Å². The molecule has 0 aliphatic carbocycles. The first-order valence-electron chi connectivity index (χ1n) is 9.33. The Bertz CT molecular complexity index is 1050. The summed E-state index contributed by atoms with van der Waals surface area (Å²) in [6.07, 6.45) is 3.42. The molecule has 150 valence electrons. The fourth-order valence-corrected chi connectivity index (χ4v) is 3.48. The lowest BCUT2D eigenvalue weighted by molar-refractivity contribution is 0.0879. The number of carbonyl (C=O) groups is 1. The van der Waals surface area contributed by atoms with Crippen LogP contribution < -0.4 is 9.47 Å². The second-order valence-electron chi connectivity index (χ2n) is 6.81. The standard InChI is InChI=1S/C20H21N5O4/c1-12-14(3-4-16(24-12)28-2)17-18-15(5-8-21-17)19(23-11-22-18)29-13-6-9-25(10-7-13)20(26)27/h3-5,8,11,13H,6-7,9-10H2,1-2H3,(H,26,27). The maximum absolute atomic E-state index is 11.1. The summed E-state index contributed by atoms with van der Waals surface area (Å²) in [4.78, 5) is 30.2. The number of aromatic nitrogens is 4. The highest BCUT2D eigenvalue weighted by Gasteiger charge is 2.24. The first-order chi connectivity index (χ1) is 14.1. The molecule has 0 spiro atoms. The Labute approximate surface area is 167 Å². The second kappa shape index (κ2) is 7.86. The van der Waals surface area contributed by atoms with Gasteiger partial charge in [0, 0.05) is 43.8 Å². The van der Waals surface area contributed by atoms with E-state index in [1.807, 2.05) is 19.1 Å². The third-order valence-corrected chi connectivity index (χ3v) is 5.03. The summed E-state index contributed by atoms with van der Waals surface area (Å²) >= 11 is 0. The van der Waals surface area contributed by atoms with Crippen molar-refractivity contribution in [1.82, 2.24) is 24.8 Å². The van der Waals surface area contributed by atoms with E-state index in [-0.39, 0.29) is 6.10 Å². The van der Waals surface area contributed by atoms with Crippen molar-refractivity contribution in [1.29, 1.82) is 0 Å². The number of methoxy groups -OCH3 is 1. The third-order valence-electron chi connectivity index (χ3n) is 5.03. The molecule has 1 fully saturated rings. The van der Waals surface area contributed by atoms with Crippen molar-refractivity contribution in [2.75, 3.05) is 20.2 Å². The Hall–Kier alpha value is -3.49. The molecule has 9 nitrogen and oxygen atoms in total. The van der Waals surface area contributed by atoms with E-state index in [1.165, 1.54) is 11.2 Å². The minimum Gasteiger partial charge on any atom is -0.481 e. The van der Waals surface area contributed by atoms with Gasteiger partial charge in [0.25, 0.3) is 0 Å². The van der Waals surface area contributed by atoms with Crippen LogP contribution in [0.25, 0.3) is 22.2 Å². The fraction of sp³-hybridized carbons (Fsp3) is 0.350. The van der Waals surface area contributed by atoms with Crippen LogP contribution in [0.5, 0.6) is 11.8 Å². The fourth-order valence-electron chi connectivity index (χ4n) is 3.48. The van der Waals surface area contributed by atoms with Crippen LogP contribution in [0.3, 0.4) is 0 Å². The normalized spacial score (nSPS) is 14.8. The van der Waals surface area contributed by atoms with Gasteiger partial charge in [-0.25, -0.2) is 19.7 Å². The number of ether oxygens (including phenoxy) is 2. The summed E-state index contributed by atoms with van der Waals surface area (Å²) in [5.41, 5.74) is 3.01. The number of fused-ring (bicyclic) bond motifs is 1. The topological polar surface area (TPSA) is 111 Å². The summed E-state index contributed by atoms with van der Waals surface area (Å²) in [6, 6.07) is 5.53. The average Bonchev–Trinajstić information content (AvgIpc) is 2.74. The molecule has 1 aliphatic heterocycles. The molecule has 29 heavy (non-hydrogen) atoms. The quantitative estimate of drug-likeness (QED) is 0.718. The molecule has 1 aliphatic rings. The molecule has 0 radical (unpaired) electrons. The Morgan fingerprint density at radius 3 is 2.66 bits per heavy atom. The predicted octanol–water partition coefficient (Wildman–Crippen LogP) is 2.93. The molecule has 0 unspecified atom stereocenters. The Kier molecular flexibility index (Phi) is 5.11. The average molecular weight is 395 g/mol. The van der Waals surface area contributed by atoms with E-state index < -0.39 is 6.09 Å². The maximum Gasteiger partial charge on any atom is 0.407 e. The van der Waals surface area contributed by atoms with Crippen molar-refractivity contribution < 1.29 is 19.4 Å². The van der Waals surface area contributed by atoms with E-state index >= 15 is 0 Å². The van der Waals surface area contributed by atoms with Gasteiger partial charge in [-0.15, -0.1) is 0 Å². The highest BCUT2D eigenvalue weighted by molar-refractivity contribution is 5.94. The Morgan fingerprint density at radius 2 is 1.97 bits per heavy atom. The first kappa shape index (κ1) is 18.9. The smallest absolute Gasteiger partial charge is 0.407 e. The molecule has 9 heteroatoms. The minimum atomic E-state index is -0.893. The van der Waals surface area contributed by atoms with Crippen LogP contribution in [0.1, 0.15) is 18.5 Å². The third kappa shape index (κ3) is 3.75. The molecule has 1 saturated heterocycles. The molecule has 1 N–H and O–H groups in total. The van der Waals surface area contributed by atoms with Crippen LogP contribution in [0.15, 0.2) is 30.7 Å². The number of amides is 1. The van der Waals surface area contributed by atoms with Crippen molar-refractivity contribution in [3.8, 4) is 23.0 Å². The number of carboxylic acid groups (broad SMARTS) is 1. The molecule has 3 aromatic rings. The van der Waals surface area contributed by atoms with Crippen molar-refractivity contribution in [3.63, 3.8) is 0 Å². The number of hydrogen-bond donors (Lipinski definition) is 1. The van der Waals surface area contributed by atoms with E-state index in [2.05, 4.69) is 19.9 Å². The number of aryl methyl sites for hydroxylation is 1. The van der Waals surface area contributed by atoms with Gasteiger partial charge in [0.05, 0.1) is 23.9 Å². The number of nitrogens with zero attached hydrogens (tertiary/aromatic N) is 5. The molecular weight excluding hydrogens is 374 g/mol. The Balaban J connectivity index is 1.65. The molecule has 0 saturated carbocycles. The summed E-state index contributed by atoms with van der Waals surface area (Å²) in [6.45, 7) is 2.80. The van der Waals surface area contributed by atoms with Crippen molar-refractivity contribution in [3.05, 3.63) is 36.4 Å². The number of hydrogen-bond acceptors (Lipinski definition) is 7. The zero-order valence-corrected chi connectivity index (χ0v) is 16.2. The molecule has 1 amide bonds. The summed E-state index contributed by atoms with van der Waals surface area (Å²) < 4.78 is 11.3. The monoisotopic (exact) mass is 395 g/mol. The zero-order valence-electron chi connectivity index (χ0n) is 16.2. The molecule has 0 aromatic carbocycles. The zero-order chi connectivity index (χ0) is 20.4. The van der Waals surface area contributed by atoms with Gasteiger partial charge in [-0.2, -0.15) is 0 Å². The summed E-state index contributed by atoms with van der Waals surface area (Å²) in [5.74, 6) is 1.02. The van der Waals surface area contributed by atoms with E-state index in [0.29, 0.717) is 48.9 Å². The predicted molar refractivity (Wildman–Crippen MR) is 105 cm³/mol. The van der Waals surface area contributed by atoms with Gasteiger partial charge in [0.2, 0.25) is 11.8 Å². The van der Waals surface area contributed by atoms with E-state index in [1.54, 1.807) is 19.4 Å². The van der Waals surface area contributed by atoms with Gasteiger partial charge in [-0.1, -0.05) is 0 Å². The van der Waals surface area contributed by atoms with E-state index in [9.17, 15) is 4.79 Å². The van der Waals surface area contributed by atoms with Crippen LogP contribution in [-0.2, 0) is 0 Å². The lowest BCUT2D eigenvalue weighted by atomic mass is 10.1. The van der Waals surface area contributed by atoms with Gasteiger partial charge in [0.1, 0.15) is 17.9 Å². The molecule has 4 rings (SSSR count). The minimum absolute atomic E-state index is 0.0929. The van der Waals surface area contributed by atoms with Crippen molar-refractivity contribution in [2.45, 2.75) is 25.9 Å². The molecule has 0 bridgehead atoms. The van der Waals surface area contributed by atoms with Crippen LogP contribution in [-0.4, -0.2) is 62.3 Å². The largest absolute Gasteiger partial charge is 0.481 e. The number of rotatable bonds is 4. The highest BCUT2D eigenvalue weighted by atomic mass is 16.5. The van der Waals surface area contributed by atoms with Gasteiger partial charge in [-0.3, -0.25) is 4.98 Å². The van der Waals surface area contributed by atoms with Crippen molar-refractivity contribution >= 4 is 17.0 Å². The molecule has 4 heterocycles. The van der Waals surface area contributed by atoms with Crippen molar-refractivity contribution in [2.24, 2.45) is 0 Å². The van der Waals surface area contributed by atoms with E-state index in [4.69, 9.17) is 14.6 Å². The SMILES string of the molecule is COc1ccc(-c2nccc3c(OC4CCN(C(=O)O)CC4)ncnc23)c(C)n1. The highest BCUT2D eigenvalue weighted by Crippen LogP contribution is 2.32. The van der Waals surface area contributed by atoms with Crippen LogP contribution in [0.4, 0.5) is 4.79 Å². The summed E-state index contributed by atoms with van der Waals surface area (Å²) in [5, 5.41) is 9.85. The number of likely N-dealkylation sites (tertiary alicyclic amines) is 1. The van der Waals surface area contributed by atoms with Crippen LogP contribution in [0, 0.1) is 6.92 Å². The maximum atomic E-state index is 11.1. The number of pyridine rings is 2. The van der Waals surface area contributed by atoms with Crippen LogP contribution in [0.2, 0.25) is 0 Å². The summed E-state index contributed by atoms with van der Waals surface area (Å²) in [7, 11) is 1.58. The van der Waals surface area contributed by atoms with Gasteiger partial charge < -0.3 is 19.5 Å². The Morgan fingerprint density at radius 1 is 1.17 bits per heavy atom. The second-order valence-corrected chi connectivity index (χ2v) is 6.81. The lowest BCUT2D eigenvalue weighted by Gasteiger charge is -2.30. The van der Waals surface area contributed by atoms with Crippen LogP contribution >= 0.6 is 0 Å². The first-order valence-corrected chi connectivity index (χ1v) is 9.33. The number of piperidine rings is 1. The van der Waals surface area contributed by atoms with Gasteiger partial charge in [0.15, 0.2) is 0 Å².